The lowest BCUT2D eigenvalue weighted by Crippen LogP contribution is -2.35. The minimum Gasteiger partial charge on any atom is -0.360 e. The van der Waals surface area contributed by atoms with Crippen LogP contribution in [0.2, 0.25) is 0 Å². The zero-order chi connectivity index (χ0) is 15.2. The van der Waals surface area contributed by atoms with E-state index in [-0.39, 0.29) is 0 Å². The standard InChI is InChI=1S/C16H23N5S/c1-13(12-21-9-5-2-6-10-21)11-18-16-20-19-15(22-16)14-7-3-4-8-17-14/h3-4,7-8,13H,2,5-6,9-12H2,1H3,(H,18,20). The molecule has 0 spiro atoms. The SMILES string of the molecule is CC(CNc1nnc(-c2ccccn2)s1)CN1CCCCC1. The molecular weight excluding hydrogens is 294 g/mol. The molecule has 0 amide bonds. The average molecular weight is 317 g/mol. The Hall–Kier alpha value is -1.53. The fourth-order valence-electron chi connectivity index (χ4n) is 2.80. The van der Waals surface area contributed by atoms with E-state index in [1.165, 1.54) is 38.9 Å². The van der Waals surface area contributed by atoms with Gasteiger partial charge in [0.15, 0.2) is 5.01 Å². The van der Waals surface area contributed by atoms with E-state index in [0.717, 1.165) is 22.4 Å². The van der Waals surface area contributed by atoms with Gasteiger partial charge < -0.3 is 10.2 Å². The highest BCUT2D eigenvalue weighted by Gasteiger charge is 2.14. The van der Waals surface area contributed by atoms with E-state index in [2.05, 4.69) is 32.3 Å². The Morgan fingerprint density at radius 1 is 1.23 bits per heavy atom. The summed E-state index contributed by atoms with van der Waals surface area (Å²) in [6.45, 7) is 6.91. The van der Waals surface area contributed by atoms with Crippen LogP contribution in [-0.4, -0.2) is 46.3 Å². The summed E-state index contributed by atoms with van der Waals surface area (Å²) in [6.07, 6.45) is 5.88. The third-order valence-corrected chi connectivity index (χ3v) is 4.83. The van der Waals surface area contributed by atoms with Gasteiger partial charge in [0.2, 0.25) is 5.13 Å². The van der Waals surface area contributed by atoms with Crippen LogP contribution in [-0.2, 0) is 0 Å². The third-order valence-electron chi connectivity index (χ3n) is 3.93. The summed E-state index contributed by atoms with van der Waals surface area (Å²) in [7, 11) is 0. The minimum atomic E-state index is 0.611. The number of nitrogens with one attached hydrogen (secondary N) is 1. The van der Waals surface area contributed by atoms with Gasteiger partial charge >= 0.3 is 0 Å². The molecule has 3 rings (SSSR count). The Kier molecular flexibility index (Phi) is 5.34. The lowest BCUT2D eigenvalue weighted by molar-refractivity contribution is 0.204. The van der Waals surface area contributed by atoms with Crippen molar-refractivity contribution in [3.8, 4) is 10.7 Å². The molecule has 2 aromatic rings. The molecule has 0 radical (unpaired) electrons. The van der Waals surface area contributed by atoms with E-state index in [4.69, 9.17) is 0 Å². The predicted molar refractivity (Wildman–Crippen MR) is 91.1 cm³/mol. The van der Waals surface area contributed by atoms with Gasteiger partial charge in [-0.3, -0.25) is 4.98 Å². The summed E-state index contributed by atoms with van der Waals surface area (Å²) in [6, 6.07) is 5.84. The van der Waals surface area contributed by atoms with Gasteiger partial charge in [-0.15, -0.1) is 10.2 Å². The Bertz CT molecular complexity index is 565. The maximum Gasteiger partial charge on any atom is 0.206 e. The molecule has 1 aliphatic rings. The molecule has 5 nitrogen and oxygen atoms in total. The summed E-state index contributed by atoms with van der Waals surface area (Å²) in [4.78, 5) is 6.89. The van der Waals surface area contributed by atoms with Crippen molar-refractivity contribution in [2.45, 2.75) is 26.2 Å². The van der Waals surface area contributed by atoms with Crippen LogP contribution in [0.3, 0.4) is 0 Å². The monoisotopic (exact) mass is 317 g/mol. The van der Waals surface area contributed by atoms with Gasteiger partial charge in [-0.1, -0.05) is 30.7 Å². The van der Waals surface area contributed by atoms with E-state index < -0.39 is 0 Å². The van der Waals surface area contributed by atoms with Crippen LogP contribution >= 0.6 is 11.3 Å². The molecule has 1 fully saturated rings. The van der Waals surface area contributed by atoms with Gasteiger partial charge in [-0.25, -0.2) is 0 Å². The van der Waals surface area contributed by atoms with E-state index in [1.54, 1.807) is 17.5 Å². The Morgan fingerprint density at radius 3 is 2.86 bits per heavy atom. The van der Waals surface area contributed by atoms with Crippen molar-refractivity contribution in [1.29, 1.82) is 0 Å². The molecule has 118 valence electrons. The van der Waals surface area contributed by atoms with Crippen LogP contribution in [0.5, 0.6) is 0 Å². The lowest BCUT2D eigenvalue weighted by atomic mass is 10.1. The van der Waals surface area contributed by atoms with E-state index in [0.29, 0.717) is 5.92 Å². The van der Waals surface area contributed by atoms with Crippen LogP contribution < -0.4 is 5.32 Å². The van der Waals surface area contributed by atoms with Crippen molar-refractivity contribution in [3.05, 3.63) is 24.4 Å². The number of likely N-dealkylation sites (tertiary alicyclic amines) is 1. The zero-order valence-corrected chi connectivity index (χ0v) is 13.9. The molecule has 3 heterocycles. The predicted octanol–water partition coefficient (Wildman–Crippen LogP) is 3.13. The molecule has 22 heavy (non-hydrogen) atoms. The molecule has 0 bridgehead atoms. The van der Waals surface area contributed by atoms with Crippen molar-refractivity contribution in [2.75, 3.05) is 31.5 Å². The van der Waals surface area contributed by atoms with E-state index >= 15 is 0 Å². The summed E-state index contributed by atoms with van der Waals surface area (Å²) in [5.74, 6) is 0.611. The van der Waals surface area contributed by atoms with Crippen molar-refractivity contribution in [3.63, 3.8) is 0 Å². The molecular formula is C16H23N5S. The third kappa shape index (κ3) is 4.24. The quantitative estimate of drug-likeness (QED) is 0.887. The molecule has 6 heteroatoms. The number of hydrogen-bond acceptors (Lipinski definition) is 6. The number of pyridine rings is 1. The number of rotatable bonds is 6. The second kappa shape index (κ2) is 7.65. The van der Waals surface area contributed by atoms with Gasteiger partial charge in [-0.05, 0) is 44.0 Å². The Balaban J connectivity index is 1.48. The molecule has 1 unspecified atom stereocenters. The average Bonchev–Trinajstić information content (AvgIpc) is 3.04. The zero-order valence-electron chi connectivity index (χ0n) is 13.0. The number of anilines is 1. The van der Waals surface area contributed by atoms with Crippen LogP contribution in [0.1, 0.15) is 26.2 Å². The first-order chi connectivity index (χ1) is 10.8. The smallest absolute Gasteiger partial charge is 0.206 e. The van der Waals surface area contributed by atoms with Crippen molar-refractivity contribution in [2.24, 2.45) is 5.92 Å². The van der Waals surface area contributed by atoms with Crippen molar-refractivity contribution in [1.82, 2.24) is 20.1 Å². The van der Waals surface area contributed by atoms with Gasteiger partial charge in [0.1, 0.15) is 5.69 Å². The molecule has 1 N–H and O–H groups in total. The van der Waals surface area contributed by atoms with Crippen LogP contribution in [0.15, 0.2) is 24.4 Å². The van der Waals surface area contributed by atoms with Crippen LogP contribution in [0, 0.1) is 5.92 Å². The largest absolute Gasteiger partial charge is 0.360 e. The van der Waals surface area contributed by atoms with Crippen molar-refractivity contribution < 1.29 is 0 Å². The van der Waals surface area contributed by atoms with Crippen LogP contribution in [0.4, 0.5) is 5.13 Å². The second-order valence-electron chi connectivity index (χ2n) is 5.97. The van der Waals surface area contributed by atoms with Crippen LogP contribution in [0.25, 0.3) is 10.7 Å². The molecule has 1 aliphatic heterocycles. The van der Waals surface area contributed by atoms with Gasteiger partial charge in [-0.2, -0.15) is 0 Å². The molecule has 2 aromatic heterocycles. The van der Waals surface area contributed by atoms with Gasteiger partial charge in [0, 0.05) is 19.3 Å². The Labute approximate surface area is 135 Å². The second-order valence-corrected chi connectivity index (χ2v) is 6.95. The number of piperidine rings is 1. The van der Waals surface area contributed by atoms with E-state index in [1.807, 2.05) is 18.2 Å². The minimum absolute atomic E-state index is 0.611. The molecule has 0 aromatic carbocycles. The maximum atomic E-state index is 4.31. The van der Waals surface area contributed by atoms with Gasteiger partial charge in [0.05, 0.1) is 0 Å². The lowest BCUT2D eigenvalue weighted by Gasteiger charge is -2.29. The summed E-state index contributed by atoms with van der Waals surface area (Å²) < 4.78 is 0. The number of hydrogen-bond donors (Lipinski definition) is 1. The topological polar surface area (TPSA) is 53.9 Å². The first kappa shape index (κ1) is 15.4. The number of aromatic nitrogens is 3. The molecule has 0 aliphatic carbocycles. The fourth-order valence-corrected chi connectivity index (χ4v) is 3.52. The highest BCUT2D eigenvalue weighted by Crippen LogP contribution is 2.24. The summed E-state index contributed by atoms with van der Waals surface area (Å²) in [5.41, 5.74) is 0.884. The molecule has 0 saturated carbocycles. The Morgan fingerprint density at radius 2 is 2.09 bits per heavy atom. The first-order valence-corrected chi connectivity index (χ1v) is 8.84. The normalized spacial score (nSPS) is 17.3. The maximum absolute atomic E-state index is 4.31. The molecule has 1 atom stereocenters. The summed E-state index contributed by atoms with van der Waals surface area (Å²) in [5, 5.41) is 13.6. The fraction of sp³-hybridized carbons (Fsp3) is 0.562. The number of nitrogens with zero attached hydrogens (tertiary/aromatic N) is 4. The highest BCUT2D eigenvalue weighted by atomic mass is 32.1. The highest BCUT2D eigenvalue weighted by molar-refractivity contribution is 7.18. The molecule has 1 saturated heterocycles. The van der Waals surface area contributed by atoms with Gasteiger partial charge in [0.25, 0.3) is 0 Å². The summed E-state index contributed by atoms with van der Waals surface area (Å²) >= 11 is 1.56. The van der Waals surface area contributed by atoms with E-state index in [9.17, 15) is 0 Å². The van der Waals surface area contributed by atoms with Crippen molar-refractivity contribution >= 4 is 16.5 Å². The first-order valence-electron chi connectivity index (χ1n) is 8.02.